The van der Waals surface area contributed by atoms with Gasteiger partial charge in [0.25, 0.3) is 0 Å². The number of hydrogen-bond acceptors (Lipinski definition) is 7. The van der Waals surface area contributed by atoms with Crippen molar-refractivity contribution >= 4 is 28.3 Å². The molecule has 3 aliphatic rings. The number of aliphatic hydroxyl groups is 1. The Balaban J connectivity index is 1.34. The van der Waals surface area contributed by atoms with E-state index in [1.807, 2.05) is 6.07 Å². The molecule has 37 heavy (non-hydrogen) atoms. The van der Waals surface area contributed by atoms with Crippen molar-refractivity contribution in [2.24, 2.45) is 11.8 Å². The number of fused-ring (bicyclic) bond motifs is 6. The van der Waals surface area contributed by atoms with Gasteiger partial charge in [-0.1, -0.05) is 24.3 Å². The van der Waals surface area contributed by atoms with E-state index in [1.165, 1.54) is 4.90 Å². The Labute approximate surface area is 213 Å². The molecule has 3 fully saturated rings. The Morgan fingerprint density at radius 3 is 2.41 bits per heavy atom. The smallest absolute Gasteiger partial charge is 0.240 e. The summed E-state index contributed by atoms with van der Waals surface area (Å²) < 4.78 is 12.2. The summed E-state index contributed by atoms with van der Waals surface area (Å²) in [6.45, 7) is 1.91. The van der Waals surface area contributed by atoms with Crippen LogP contribution in [0.4, 0.5) is 5.69 Å². The molecule has 8 heteroatoms. The van der Waals surface area contributed by atoms with Crippen molar-refractivity contribution in [2.75, 3.05) is 11.5 Å². The summed E-state index contributed by atoms with van der Waals surface area (Å²) in [6.07, 6.45) is -0.373. The van der Waals surface area contributed by atoms with Gasteiger partial charge < -0.3 is 14.6 Å². The van der Waals surface area contributed by atoms with Crippen molar-refractivity contribution in [2.45, 2.75) is 37.1 Å². The van der Waals surface area contributed by atoms with Gasteiger partial charge in [-0.2, -0.15) is 10.5 Å². The number of carbonyl (C=O) groups is 2. The molecule has 2 amide bonds. The molecule has 3 saturated heterocycles. The second-order valence-electron chi connectivity index (χ2n) is 10.1. The van der Waals surface area contributed by atoms with Crippen LogP contribution >= 0.6 is 0 Å². The van der Waals surface area contributed by atoms with Crippen molar-refractivity contribution < 1.29 is 24.2 Å². The average Bonchev–Trinajstić information content (AvgIpc) is 3.44. The number of hydrogen-bond donors (Lipinski definition) is 1. The highest BCUT2D eigenvalue weighted by Crippen LogP contribution is 2.62. The van der Waals surface area contributed by atoms with E-state index in [4.69, 9.17) is 14.7 Å². The fraction of sp³-hybridized carbons (Fsp3) is 0.310. The topological polar surface area (TPSA) is 124 Å². The first-order chi connectivity index (χ1) is 17.8. The molecule has 184 valence electrons. The lowest BCUT2D eigenvalue weighted by atomic mass is 9.66. The zero-order valence-corrected chi connectivity index (χ0v) is 20.0. The Morgan fingerprint density at radius 1 is 1.00 bits per heavy atom. The predicted octanol–water partition coefficient (Wildman–Crippen LogP) is 3.45. The van der Waals surface area contributed by atoms with Crippen molar-refractivity contribution in [3.8, 4) is 17.9 Å². The SMILES string of the molecule is CC12OC(CCOc3ccc(C#N)cc3)(CC1O)C1C(=O)N(c3ccc(C#N)c4ccccc34)C(=O)C12. The lowest BCUT2D eigenvalue weighted by Crippen LogP contribution is -2.49. The second-order valence-corrected chi connectivity index (χ2v) is 10.1. The minimum Gasteiger partial charge on any atom is -0.493 e. The molecular formula is C29H23N3O5. The first kappa shape index (κ1) is 23.2. The molecule has 3 aromatic carbocycles. The third kappa shape index (κ3) is 3.20. The molecule has 2 bridgehead atoms. The molecule has 3 heterocycles. The van der Waals surface area contributed by atoms with Crippen molar-refractivity contribution in [3.05, 3.63) is 71.8 Å². The molecule has 0 aromatic heterocycles. The Kier molecular flexibility index (Phi) is 5.10. The Morgan fingerprint density at radius 2 is 1.70 bits per heavy atom. The standard InChI is InChI=1S/C29H23N3O5/c1-28-23(33)14-29(37-28,12-13-36-19-9-6-17(15-30)7-10-19)25-24(28)26(34)32(27(25)35)22-11-8-18(16-31)20-4-2-3-5-21(20)22/h2-11,23-25,33H,12-14H2,1H3. The average molecular weight is 494 g/mol. The van der Waals surface area contributed by atoms with E-state index in [0.29, 0.717) is 39.8 Å². The van der Waals surface area contributed by atoms with E-state index in [9.17, 15) is 20.0 Å². The van der Waals surface area contributed by atoms with Crippen LogP contribution in [0.1, 0.15) is 30.9 Å². The van der Waals surface area contributed by atoms with Gasteiger partial charge in [0, 0.05) is 23.6 Å². The third-order valence-electron chi connectivity index (χ3n) is 8.15. The van der Waals surface area contributed by atoms with Gasteiger partial charge in [0.05, 0.1) is 59.1 Å². The van der Waals surface area contributed by atoms with Crippen LogP contribution in [0.3, 0.4) is 0 Å². The van der Waals surface area contributed by atoms with E-state index in [1.54, 1.807) is 61.5 Å². The summed E-state index contributed by atoms with van der Waals surface area (Å²) in [7, 11) is 0. The first-order valence-electron chi connectivity index (χ1n) is 12.1. The molecule has 1 N–H and O–H groups in total. The zero-order valence-electron chi connectivity index (χ0n) is 20.0. The number of nitrogens with zero attached hydrogens (tertiary/aromatic N) is 3. The highest BCUT2D eigenvalue weighted by molar-refractivity contribution is 6.26. The highest BCUT2D eigenvalue weighted by atomic mass is 16.6. The molecule has 3 aromatic rings. The van der Waals surface area contributed by atoms with Crippen LogP contribution in [0.25, 0.3) is 10.8 Å². The maximum absolute atomic E-state index is 14.0. The van der Waals surface area contributed by atoms with Crippen LogP contribution in [-0.4, -0.2) is 40.8 Å². The monoisotopic (exact) mass is 493 g/mol. The minimum atomic E-state index is -1.19. The number of anilines is 1. The van der Waals surface area contributed by atoms with E-state index in [-0.39, 0.29) is 18.9 Å². The molecule has 0 radical (unpaired) electrons. The van der Waals surface area contributed by atoms with Gasteiger partial charge in [-0.25, -0.2) is 4.90 Å². The van der Waals surface area contributed by atoms with Gasteiger partial charge in [0.15, 0.2) is 0 Å². The number of rotatable bonds is 5. The van der Waals surface area contributed by atoms with Crippen LogP contribution in [0, 0.1) is 34.5 Å². The van der Waals surface area contributed by atoms with Crippen molar-refractivity contribution in [3.63, 3.8) is 0 Å². The molecular weight excluding hydrogens is 470 g/mol. The van der Waals surface area contributed by atoms with Crippen LogP contribution in [0.15, 0.2) is 60.7 Å². The summed E-state index contributed by atoms with van der Waals surface area (Å²) in [5.41, 5.74) is -0.826. The first-order valence-corrected chi connectivity index (χ1v) is 12.1. The van der Waals surface area contributed by atoms with Crippen molar-refractivity contribution in [1.29, 1.82) is 10.5 Å². The van der Waals surface area contributed by atoms with Crippen LogP contribution < -0.4 is 9.64 Å². The summed E-state index contributed by atoms with van der Waals surface area (Å²) >= 11 is 0. The number of benzene rings is 3. The predicted molar refractivity (Wildman–Crippen MR) is 132 cm³/mol. The summed E-state index contributed by atoms with van der Waals surface area (Å²) in [5, 5.41) is 30.8. The van der Waals surface area contributed by atoms with E-state index in [2.05, 4.69) is 12.1 Å². The van der Waals surface area contributed by atoms with Gasteiger partial charge in [0.2, 0.25) is 11.8 Å². The van der Waals surface area contributed by atoms with E-state index >= 15 is 0 Å². The molecule has 8 nitrogen and oxygen atoms in total. The van der Waals surface area contributed by atoms with Crippen LogP contribution in [0.2, 0.25) is 0 Å². The zero-order chi connectivity index (χ0) is 25.9. The fourth-order valence-corrected chi connectivity index (χ4v) is 6.40. The van der Waals surface area contributed by atoms with Gasteiger partial charge >= 0.3 is 0 Å². The summed E-state index contributed by atoms with van der Waals surface area (Å²) in [4.78, 5) is 29.0. The van der Waals surface area contributed by atoms with E-state index < -0.39 is 35.0 Å². The molecule has 5 unspecified atom stereocenters. The normalized spacial score (nSPS) is 29.8. The molecule has 5 atom stereocenters. The number of carbonyl (C=O) groups excluding carboxylic acids is 2. The molecule has 0 aliphatic carbocycles. The van der Waals surface area contributed by atoms with Gasteiger partial charge in [-0.3, -0.25) is 9.59 Å². The number of nitriles is 2. The largest absolute Gasteiger partial charge is 0.493 e. The summed E-state index contributed by atoms with van der Waals surface area (Å²) in [6, 6.07) is 21.4. The molecule has 3 aliphatic heterocycles. The minimum absolute atomic E-state index is 0.208. The summed E-state index contributed by atoms with van der Waals surface area (Å²) in [5.74, 6) is -1.77. The third-order valence-corrected chi connectivity index (χ3v) is 8.15. The molecule has 0 spiro atoms. The number of aliphatic hydroxyl groups excluding tert-OH is 1. The lowest BCUT2D eigenvalue weighted by Gasteiger charge is -2.33. The fourth-order valence-electron chi connectivity index (χ4n) is 6.40. The lowest BCUT2D eigenvalue weighted by molar-refractivity contribution is -0.134. The maximum atomic E-state index is 14.0. The quantitative estimate of drug-likeness (QED) is 0.540. The molecule has 0 saturated carbocycles. The van der Waals surface area contributed by atoms with Gasteiger partial charge in [0.1, 0.15) is 11.4 Å². The number of imide groups is 1. The highest BCUT2D eigenvalue weighted by Gasteiger charge is 2.77. The number of amides is 2. The van der Waals surface area contributed by atoms with Crippen LogP contribution in [-0.2, 0) is 14.3 Å². The Bertz CT molecular complexity index is 1540. The Hall–Kier alpha value is -4.24. The van der Waals surface area contributed by atoms with E-state index in [0.717, 1.165) is 0 Å². The molecule has 6 rings (SSSR count). The van der Waals surface area contributed by atoms with Crippen LogP contribution in [0.5, 0.6) is 5.75 Å². The number of ether oxygens (including phenoxy) is 2. The van der Waals surface area contributed by atoms with Gasteiger partial charge in [-0.15, -0.1) is 0 Å². The maximum Gasteiger partial charge on any atom is 0.240 e. The second kappa shape index (κ2) is 8.14. The van der Waals surface area contributed by atoms with Gasteiger partial charge in [-0.05, 0) is 43.3 Å². The van der Waals surface area contributed by atoms with Crippen molar-refractivity contribution in [1.82, 2.24) is 0 Å².